The fourth-order valence-corrected chi connectivity index (χ4v) is 2.11. The van der Waals surface area contributed by atoms with Gasteiger partial charge in [0.2, 0.25) is 0 Å². The maximum atomic E-state index is 11.6. The van der Waals surface area contributed by atoms with E-state index in [0.717, 1.165) is 24.6 Å². The third kappa shape index (κ3) is 10.7. The number of thioether (sulfide) groups is 1. The molecule has 154 valence electrons. The molecule has 0 aromatic heterocycles. The van der Waals surface area contributed by atoms with E-state index < -0.39 is 0 Å². The average molecular weight is 508 g/mol. The van der Waals surface area contributed by atoms with Crippen LogP contribution in [0.15, 0.2) is 29.3 Å². The maximum Gasteiger partial charge on any atom is 0.259 e. The van der Waals surface area contributed by atoms with Gasteiger partial charge in [0.1, 0.15) is 5.75 Å². The highest BCUT2D eigenvalue weighted by Gasteiger charge is 2.16. The zero-order valence-corrected chi connectivity index (χ0v) is 20.3. The predicted octanol–water partition coefficient (Wildman–Crippen LogP) is 2.97. The minimum Gasteiger partial charge on any atom is -0.484 e. The van der Waals surface area contributed by atoms with Gasteiger partial charge in [0.15, 0.2) is 12.6 Å². The Kier molecular flexibility index (Phi) is 12.5. The second kappa shape index (κ2) is 13.1. The normalized spacial score (nSPS) is 11.4. The van der Waals surface area contributed by atoms with Crippen LogP contribution < -0.4 is 15.4 Å². The molecule has 0 heterocycles. The van der Waals surface area contributed by atoms with E-state index in [2.05, 4.69) is 35.7 Å². The number of hydrogen-bond donors (Lipinski definition) is 2. The molecule has 1 aromatic rings. The Morgan fingerprint density at radius 3 is 2.59 bits per heavy atom. The third-order valence-electron chi connectivity index (χ3n) is 3.76. The van der Waals surface area contributed by atoms with Crippen LogP contribution in [-0.2, 0) is 11.3 Å². The van der Waals surface area contributed by atoms with Crippen molar-refractivity contribution in [1.82, 2.24) is 15.5 Å². The van der Waals surface area contributed by atoms with Crippen LogP contribution in [0.4, 0.5) is 0 Å². The summed E-state index contributed by atoms with van der Waals surface area (Å²) < 4.78 is 5.70. The summed E-state index contributed by atoms with van der Waals surface area (Å²) in [6, 6.07) is 7.68. The van der Waals surface area contributed by atoms with Crippen LogP contribution in [0.3, 0.4) is 0 Å². The van der Waals surface area contributed by atoms with Gasteiger partial charge in [0.05, 0.1) is 6.54 Å². The first kappa shape index (κ1) is 25.8. The van der Waals surface area contributed by atoms with Crippen molar-refractivity contribution in [2.45, 2.75) is 32.1 Å². The first-order valence-electron chi connectivity index (χ1n) is 8.76. The molecule has 0 aliphatic heterocycles. The fraction of sp³-hybridized carbons (Fsp3) is 0.579. The molecule has 0 saturated carbocycles. The Morgan fingerprint density at radius 1 is 1.30 bits per heavy atom. The van der Waals surface area contributed by atoms with Crippen LogP contribution in [0, 0.1) is 0 Å². The summed E-state index contributed by atoms with van der Waals surface area (Å²) in [5, 5.41) is 6.65. The second-order valence-corrected chi connectivity index (χ2v) is 8.25. The third-order valence-corrected chi connectivity index (χ3v) is 5.01. The average Bonchev–Trinajstić information content (AvgIpc) is 2.62. The molecule has 1 amide bonds. The number of halogens is 1. The number of hydrogen-bond acceptors (Lipinski definition) is 4. The first-order chi connectivity index (χ1) is 12.3. The number of carbonyl (C=O) groups excluding carboxylic acids is 1. The molecule has 6 nitrogen and oxygen atoms in total. The van der Waals surface area contributed by atoms with Crippen molar-refractivity contribution in [1.29, 1.82) is 0 Å². The molecule has 0 radical (unpaired) electrons. The number of likely N-dealkylation sites (N-methyl/N-ethyl adjacent to an activating group) is 1. The van der Waals surface area contributed by atoms with Crippen LogP contribution in [0.5, 0.6) is 5.75 Å². The van der Waals surface area contributed by atoms with Gasteiger partial charge in [-0.05, 0) is 44.7 Å². The van der Waals surface area contributed by atoms with Crippen LogP contribution >= 0.6 is 35.7 Å². The van der Waals surface area contributed by atoms with Gasteiger partial charge in [-0.1, -0.05) is 12.1 Å². The summed E-state index contributed by atoms with van der Waals surface area (Å²) in [5.74, 6) is 1.40. The largest absolute Gasteiger partial charge is 0.484 e. The highest BCUT2D eigenvalue weighted by atomic mass is 127. The molecule has 0 aliphatic carbocycles. The smallest absolute Gasteiger partial charge is 0.259 e. The molecule has 0 atom stereocenters. The van der Waals surface area contributed by atoms with Crippen molar-refractivity contribution in [3.05, 3.63) is 29.8 Å². The molecule has 0 fully saturated rings. The number of amides is 1. The van der Waals surface area contributed by atoms with Gasteiger partial charge in [-0.15, -0.1) is 24.0 Å². The van der Waals surface area contributed by atoms with Crippen molar-refractivity contribution >= 4 is 47.6 Å². The van der Waals surface area contributed by atoms with E-state index in [1.165, 1.54) is 4.90 Å². The summed E-state index contributed by atoms with van der Waals surface area (Å²) in [5.41, 5.74) is 1.03. The van der Waals surface area contributed by atoms with E-state index >= 15 is 0 Å². The number of nitrogens with zero attached hydrogens (tertiary/aromatic N) is 2. The molecule has 0 unspecified atom stereocenters. The number of aliphatic imine (C=N–C) groups is 1. The summed E-state index contributed by atoms with van der Waals surface area (Å²) in [7, 11) is 3.43. The van der Waals surface area contributed by atoms with Crippen molar-refractivity contribution in [2.75, 3.05) is 40.0 Å². The van der Waals surface area contributed by atoms with E-state index in [1.54, 1.807) is 14.1 Å². The molecular formula is C19H33IN4O2S. The lowest BCUT2D eigenvalue weighted by Gasteiger charge is -2.23. The monoisotopic (exact) mass is 508 g/mol. The van der Waals surface area contributed by atoms with Gasteiger partial charge in [-0.3, -0.25) is 4.79 Å². The minimum atomic E-state index is -0.0662. The predicted molar refractivity (Wildman–Crippen MR) is 126 cm³/mol. The van der Waals surface area contributed by atoms with Gasteiger partial charge in [0.25, 0.3) is 5.91 Å². The van der Waals surface area contributed by atoms with E-state index in [0.29, 0.717) is 12.3 Å². The van der Waals surface area contributed by atoms with Gasteiger partial charge in [0, 0.05) is 31.9 Å². The minimum absolute atomic E-state index is 0. The van der Waals surface area contributed by atoms with E-state index in [-0.39, 0.29) is 41.2 Å². The van der Waals surface area contributed by atoms with Crippen molar-refractivity contribution in [3.63, 3.8) is 0 Å². The number of rotatable bonds is 9. The summed E-state index contributed by atoms with van der Waals surface area (Å²) >= 11 is 1.82. The van der Waals surface area contributed by atoms with Crippen LogP contribution in [0.2, 0.25) is 0 Å². The van der Waals surface area contributed by atoms with Crippen LogP contribution in [0.1, 0.15) is 26.3 Å². The molecule has 0 spiro atoms. The molecular weight excluding hydrogens is 475 g/mol. The van der Waals surface area contributed by atoms with Crippen LogP contribution in [0.25, 0.3) is 0 Å². The number of ether oxygens (including phenoxy) is 1. The van der Waals surface area contributed by atoms with Crippen LogP contribution in [-0.4, -0.2) is 61.6 Å². The van der Waals surface area contributed by atoms with Gasteiger partial charge in [-0.2, -0.15) is 11.8 Å². The standard InChI is InChI=1S/C19H32N4O2S.HI/c1-7-20-18(22-14-19(2,3)26-6)21-12-15-9-8-10-16(11-15)25-13-17(24)23(4)5;/h8-11H,7,12-14H2,1-6H3,(H2,20,21,22);1H. The summed E-state index contributed by atoms with van der Waals surface area (Å²) in [6.45, 7) is 8.65. The zero-order valence-electron chi connectivity index (χ0n) is 17.2. The lowest BCUT2D eigenvalue weighted by atomic mass is 10.2. The summed E-state index contributed by atoms with van der Waals surface area (Å²) in [6.07, 6.45) is 2.11. The molecule has 27 heavy (non-hydrogen) atoms. The lowest BCUT2D eigenvalue weighted by Crippen LogP contribution is -2.43. The zero-order chi connectivity index (χ0) is 19.6. The Morgan fingerprint density at radius 2 is 2.00 bits per heavy atom. The Labute approximate surface area is 184 Å². The Bertz CT molecular complexity index is 609. The molecule has 0 aliphatic rings. The molecule has 2 N–H and O–H groups in total. The highest BCUT2D eigenvalue weighted by molar-refractivity contribution is 14.0. The van der Waals surface area contributed by atoms with E-state index in [9.17, 15) is 4.79 Å². The van der Waals surface area contributed by atoms with E-state index in [4.69, 9.17) is 4.74 Å². The lowest BCUT2D eigenvalue weighted by molar-refractivity contribution is -0.130. The number of carbonyl (C=O) groups is 1. The van der Waals surface area contributed by atoms with Gasteiger partial charge < -0.3 is 20.3 Å². The fourth-order valence-electron chi connectivity index (χ4n) is 1.89. The summed E-state index contributed by atoms with van der Waals surface area (Å²) in [4.78, 5) is 17.8. The quantitative estimate of drug-likeness (QED) is 0.305. The first-order valence-corrected chi connectivity index (χ1v) is 9.99. The molecule has 0 saturated heterocycles. The maximum absolute atomic E-state index is 11.6. The Hall–Kier alpha value is -1.16. The SMILES string of the molecule is CCNC(=NCc1cccc(OCC(=O)N(C)C)c1)NCC(C)(C)SC.I. The topological polar surface area (TPSA) is 66.0 Å². The number of nitrogens with one attached hydrogen (secondary N) is 2. The number of benzene rings is 1. The number of guanidine groups is 1. The molecule has 0 bridgehead atoms. The second-order valence-electron chi connectivity index (χ2n) is 6.74. The van der Waals surface area contributed by atoms with Crippen molar-refractivity contribution in [3.8, 4) is 5.75 Å². The van der Waals surface area contributed by atoms with Crippen molar-refractivity contribution in [2.24, 2.45) is 4.99 Å². The van der Waals surface area contributed by atoms with E-state index in [1.807, 2.05) is 43.0 Å². The molecule has 1 aromatic carbocycles. The van der Waals surface area contributed by atoms with Crippen molar-refractivity contribution < 1.29 is 9.53 Å². The van der Waals surface area contributed by atoms with Gasteiger partial charge in [-0.25, -0.2) is 4.99 Å². The molecule has 8 heteroatoms. The Balaban J connectivity index is 0.00000676. The van der Waals surface area contributed by atoms with Gasteiger partial charge >= 0.3 is 0 Å². The highest BCUT2D eigenvalue weighted by Crippen LogP contribution is 2.19. The molecule has 1 rings (SSSR count).